The Hall–Kier alpha value is -1.62. The number of aliphatic hydroxyl groups is 1. The normalized spacial score (nSPS) is 47.6. The Morgan fingerprint density at radius 2 is 1.63 bits per heavy atom. The Labute approximate surface area is 178 Å². The molecule has 3 fully saturated rings. The number of Topliss-reactive ketones (excluding diaryl/α,β-unsaturated/α-hetero) is 3. The summed E-state index contributed by atoms with van der Waals surface area (Å²) in [5.41, 5.74) is 0.0442. The van der Waals surface area contributed by atoms with Crippen LogP contribution in [0.1, 0.15) is 66.7 Å². The van der Waals surface area contributed by atoms with Crippen molar-refractivity contribution in [3.63, 3.8) is 0 Å². The summed E-state index contributed by atoms with van der Waals surface area (Å²) in [5, 5.41) is 11.1. The highest BCUT2D eigenvalue weighted by Gasteiger charge is 2.67. The van der Waals surface area contributed by atoms with Crippen LogP contribution >= 0.6 is 0 Å². The molecule has 0 aromatic rings. The molecule has 0 bridgehead atoms. The van der Waals surface area contributed by atoms with Gasteiger partial charge in [0.2, 0.25) is 0 Å². The molecule has 0 amide bonds. The quantitative estimate of drug-likeness (QED) is 0.765. The van der Waals surface area contributed by atoms with Gasteiger partial charge in [0.1, 0.15) is 17.3 Å². The lowest BCUT2D eigenvalue weighted by Gasteiger charge is -2.61. The number of hydrogen-bond acceptors (Lipinski definition) is 5. The molecule has 30 heavy (non-hydrogen) atoms. The molecule has 4 rings (SSSR count). The molecular weight excluding hydrogens is 380 g/mol. The number of ketones is 4. The van der Waals surface area contributed by atoms with Gasteiger partial charge in [-0.1, -0.05) is 19.4 Å². The zero-order chi connectivity index (χ0) is 22.2. The first-order valence-electron chi connectivity index (χ1n) is 11.4. The fourth-order valence-electron chi connectivity index (χ4n) is 8.18. The fraction of sp³-hybridized carbons (Fsp3) is 0.760. The van der Waals surface area contributed by atoms with Gasteiger partial charge < -0.3 is 5.11 Å². The summed E-state index contributed by atoms with van der Waals surface area (Å²) in [6.07, 6.45) is 3.66. The van der Waals surface area contributed by atoms with Gasteiger partial charge in [0, 0.05) is 29.6 Å². The number of rotatable bonds is 3. The average molecular weight is 415 g/mol. The molecule has 5 heteroatoms. The van der Waals surface area contributed by atoms with Gasteiger partial charge in [0.15, 0.2) is 5.78 Å². The Morgan fingerprint density at radius 1 is 1.00 bits per heavy atom. The summed E-state index contributed by atoms with van der Waals surface area (Å²) in [6, 6.07) is 0. The maximum Gasteiger partial charge on any atom is 0.158 e. The Morgan fingerprint density at radius 3 is 2.20 bits per heavy atom. The van der Waals surface area contributed by atoms with Gasteiger partial charge in [-0.05, 0) is 75.7 Å². The molecule has 0 radical (unpaired) electrons. The number of carbonyl (C=O) groups excluding carboxylic acids is 4. The van der Waals surface area contributed by atoms with Crippen molar-refractivity contribution in [3.8, 4) is 0 Å². The van der Waals surface area contributed by atoms with E-state index >= 15 is 0 Å². The Balaban J connectivity index is 1.88. The van der Waals surface area contributed by atoms with Crippen LogP contribution in [-0.2, 0) is 19.2 Å². The highest BCUT2D eigenvalue weighted by Crippen LogP contribution is 2.69. The van der Waals surface area contributed by atoms with Gasteiger partial charge in [-0.15, -0.1) is 0 Å². The minimum Gasteiger partial charge on any atom is -0.392 e. The lowest BCUT2D eigenvalue weighted by atomic mass is 9.42. The molecule has 3 saturated carbocycles. The number of fused-ring (bicyclic) bond motifs is 5. The molecule has 1 N–H and O–H groups in total. The largest absolute Gasteiger partial charge is 0.392 e. The van der Waals surface area contributed by atoms with Crippen molar-refractivity contribution in [1.29, 1.82) is 0 Å². The Kier molecular flexibility index (Phi) is 5.00. The number of hydrogen-bond donors (Lipinski definition) is 1. The standard InChI is InChI=1S/C25H34O5/c1-12(26)17-9-15-8-16(29)10-21(30)25(15,5)19-6-7-24(4)20(14(3)28)11-18(13(2)27)23(24)22(17)19/h8,17-23,30H,6-7,9-11H2,1-5H3/t17?,18?,19-,20+,21?,22+,23-,24+,25-/m0/s1. The second-order valence-corrected chi connectivity index (χ2v) is 10.9. The first-order valence-corrected chi connectivity index (χ1v) is 11.4. The van der Waals surface area contributed by atoms with Crippen molar-refractivity contribution in [2.75, 3.05) is 0 Å². The van der Waals surface area contributed by atoms with Gasteiger partial charge in [-0.3, -0.25) is 19.2 Å². The van der Waals surface area contributed by atoms with E-state index in [1.165, 1.54) is 0 Å². The van der Waals surface area contributed by atoms with E-state index in [0.717, 1.165) is 18.4 Å². The third-order valence-electron chi connectivity index (χ3n) is 9.68. The van der Waals surface area contributed by atoms with Crippen molar-refractivity contribution < 1.29 is 24.3 Å². The molecular formula is C25H34O5. The van der Waals surface area contributed by atoms with Gasteiger partial charge in [0.05, 0.1) is 6.10 Å². The SMILES string of the molecule is CC(=O)C1CC2=CC(=O)CC(O)[C@]2(C)[C@H]2CC[C@]3(C)[C@@H](C(C)=O)CC(C(C)=O)[C@H]3[C@H]12. The minimum atomic E-state index is -0.768. The smallest absolute Gasteiger partial charge is 0.158 e. The van der Waals surface area contributed by atoms with Gasteiger partial charge in [0.25, 0.3) is 0 Å². The second-order valence-electron chi connectivity index (χ2n) is 10.9. The van der Waals surface area contributed by atoms with E-state index in [4.69, 9.17) is 0 Å². The molecule has 0 heterocycles. The van der Waals surface area contributed by atoms with Crippen molar-refractivity contribution in [2.24, 2.45) is 46.3 Å². The van der Waals surface area contributed by atoms with E-state index in [1.54, 1.807) is 26.8 Å². The van der Waals surface area contributed by atoms with Crippen LogP contribution in [0.15, 0.2) is 11.6 Å². The van der Waals surface area contributed by atoms with Crippen LogP contribution < -0.4 is 0 Å². The van der Waals surface area contributed by atoms with Crippen LogP contribution in [0.2, 0.25) is 0 Å². The van der Waals surface area contributed by atoms with E-state index in [0.29, 0.717) is 12.8 Å². The van der Waals surface area contributed by atoms with Crippen LogP contribution in [0.25, 0.3) is 0 Å². The molecule has 0 spiro atoms. The highest BCUT2D eigenvalue weighted by atomic mass is 16.3. The number of aliphatic hydroxyl groups excluding tert-OH is 1. The zero-order valence-corrected chi connectivity index (χ0v) is 18.7. The van der Waals surface area contributed by atoms with Crippen LogP contribution in [0, 0.1) is 46.3 Å². The van der Waals surface area contributed by atoms with Gasteiger partial charge in [-0.2, -0.15) is 0 Å². The second kappa shape index (κ2) is 6.94. The summed E-state index contributed by atoms with van der Waals surface area (Å²) in [4.78, 5) is 50.3. The third-order valence-corrected chi connectivity index (χ3v) is 9.68. The van der Waals surface area contributed by atoms with Gasteiger partial charge >= 0.3 is 0 Å². The van der Waals surface area contributed by atoms with Crippen molar-refractivity contribution in [3.05, 3.63) is 11.6 Å². The molecule has 4 aliphatic carbocycles. The number of carbonyl (C=O) groups is 4. The van der Waals surface area contributed by atoms with Crippen molar-refractivity contribution in [1.82, 2.24) is 0 Å². The average Bonchev–Trinajstić information content (AvgIpc) is 2.96. The molecule has 0 saturated heterocycles. The summed E-state index contributed by atoms with van der Waals surface area (Å²) in [6.45, 7) is 9.05. The maximum absolute atomic E-state index is 12.9. The predicted molar refractivity (Wildman–Crippen MR) is 111 cm³/mol. The first-order chi connectivity index (χ1) is 13.9. The van der Waals surface area contributed by atoms with Crippen LogP contribution in [0.5, 0.6) is 0 Å². The van der Waals surface area contributed by atoms with Crippen molar-refractivity contribution in [2.45, 2.75) is 72.8 Å². The highest BCUT2D eigenvalue weighted by molar-refractivity contribution is 5.93. The Bertz CT molecular complexity index is 856. The molecule has 0 aromatic heterocycles. The van der Waals surface area contributed by atoms with Crippen LogP contribution in [0.3, 0.4) is 0 Å². The third kappa shape index (κ3) is 2.77. The molecule has 0 aliphatic heterocycles. The molecule has 5 nitrogen and oxygen atoms in total. The minimum absolute atomic E-state index is 0.0279. The zero-order valence-electron chi connectivity index (χ0n) is 18.7. The van der Waals surface area contributed by atoms with E-state index in [1.807, 2.05) is 6.92 Å². The maximum atomic E-state index is 12.9. The van der Waals surface area contributed by atoms with E-state index < -0.39 is 11.5 Å². The lowest BCUT2D eigenvalue weighted by molar-refractivity contribution is -0.153. The van der Waals surface area contributed by atoms with Crippen LogP contribution in [-0.4, -0.2) is 34.3 Å². The predicted octanol–water partition coefficient (Wildman–Crippen LogP) is 3.32. The van der Waals surface area contributed by atoms with Gasteiger partial charge in [-0.25, -0.2) is 0 Å². The molecule has 3 unspecified atom stereocenters. The molecule has 0 aromatic carbocycles. The van der Waals surface area contributed by atoms with E-state index in [9.17, 15) is 24.3 Å². The summed E-state index contributed by atoms with van der Waals surface area (Å²) < 4.78 is 0. The molecule has 9 atom stereocenters. The van der Waals surface area contributed by atoms with Crippen molar-refractivity contribution >= 4 is 23.1 Å². The van der Waals surface area contributed by atoms with E-state index in [2.05, 4.69) is 6.92 Å². The monoisotopic (exact) mass is 414 g/mol. The van der Waals surface area contributed by atoms with Crippen LogP contribution in [0.4, 0.5) is 0 Å². The lowest BCUT2D eigenvalue weighted by Crippen LogP contribution is -2.59. The molecule has 4 aliphatic rings. The first kappa shape index (κ1) is 21.6. The molecule has 164 valence electrons. The van der Waals surface area contributed by atoms with E-state index in [-0.39, 0.29) is 70.5 Å². The summed E-state index contributed by atoms with van der Waals surface area (Å²) >= 11 is 0. The summed E-state index contributed by atoms with van der Waals surface area (Å²) in [7, 11) is 0. The fourth-order valence-corrected chi connectivity index (χ4v) is 8.18. The topological polar surface area (TPSA) is 88.5 Å². The summed E-state index contributed by atoms with van der Waals surface area (Å²) in [5.74, 6) is -0.482.